The molecular weight excluding hydrogens is 532 g/mol. The SMILES string of the molecule is CCCCCCCCCCCCCCOc1ccc(C(=O)N(Cc2cccc[n+]2CCC)C(=O)c2ccccc2)c(C)c1. The zero-order chi connectivity index (χ0) is 30.7. The topological polar surface area (TPSA) is 50.5 Å². The van der Waals surface area contributed by atoms with Crippen molar-refractivity contribution in [1.29, 1.82) is 0 Å². The number of rotatable bonds is 20. The van der Waals surface area contributed by atoms with Gasteiger partial charge in [0.2, 0.25) is 5.69 Å². The minimum Gasteiger partial charge on any atom is -0.494 e. The van der Waals surface area contributed by atoms with Gasteiger partial charge in [0.15, 0.2) is 6.20 Å². The average molecular weight is 586 g/mol. The van der Waals surface area contributed by atoms with Gasteiger partial charge in [-0.1, -0.05) is 109 Å². The van der Waals surface area contributed by atoms with E-state index in [1.807, 2.05) is 61.7 Å². The Labute approximate surface area is 260 Å². The van der Waals surface area contributed by atoms with Gasteiger partial charge in [0.1, 0.15) is 18.8 Å². The molecule has 0 saturated heterocycles. The molecule has 1 heterocycles. The summed E-state index contributed by atoms with van der Waals surface area (Å²) in [5.41, 5.74) is 2.73. The molecule has 0 N–H and O–H groups in total. The molecule has 3 rings (SSSR count). The largest absolute Gasteiger partial charge is 0.494 e. The van der Waals surface area contributed by atoms with E-state index in [-0.39, 0.29) is 18.4 Å². The quantitative estimate of drug-likeness (QED) is 0.0754. The fourth-order valence-electron chi connectivity index (χ4n) is 5.49. The number of aromatic nitrogens is 1. The van der Waals surface area contributed by atoms with E-state index >= 15 is 0 Å². The number of aryl methyl sites for hydroxylation is 2. The standard InChI is InChI=1S/C38H53N2O3/c1-4-6-7-8-9-10-11-12-13-14-15-21-29-43-35-25-26-36(32(3)30-35)38(42)40(37(41)33-22-17-16-18-23-33)31-34-24-19-20-28-39(34)27-5-2/h16-20,22-26,28,30H,4-15,21,27,29,31H2,1-3H3/q+1. The zero-order valence-corrected chi connectivity index (χ0v) is 26.9. The van der Waals surface area contributed by atoms with Crippen LogP contribution in [-0.2, 0) is 13.1 Å². The van der Waals surface area contributed by atoms with Crippen LogP contribution in [0.2, 0.25) is 0 Å². The Morgan fingerprint density at radius 3 is 1.95 bits per heavy atom. The van der Waals surface area contributed by atoms with Gasteiger partial charge in [0, 0.05) is 29.7 Å². The second kappa shape index (κ2) is 19.7. The highest BCUT2D eigenvalue weighted by Gasteiger charge is 2.28. The van der Waals surface area contributed by atoms with Crippen LogP contribution in [0.1, 0.15) is 129 Å². The van der Waals surface area contributed by atoms with Crippen LogP contribution in [0.5, 0.6) is 5.75 Å². The molecule has 0 aliphatic heterocycles. The van der Waals surface area contributed by atoms with E-state index in [0.717, 1.165) is 36.4 Å². The summed E-state index contributed by atoms with van der Waals surface area (Å²) in [5, 5.41) is 0. The van der Waals surface area contributed by atoms with Crippen molar-refractivity contribution in [3.05, 3.63) is 95.3 Å². The molecule has 2 amide bonds. The minimum absolute atomic E-state index is 0.198. The molecule has 0 bridgehead atoms. The predicted molar refractivity (Wildman–Crippen MR) is 175 cm³/mol. The van der Waals surface area contributed by atoms with Gasteiger partial charge in [-0.25, -0.2) is 4.57 Å². The Bertz CT molecular complexity index is 1240. The predicted octanol–water partition coefficient (Wildman–Crippen LogP) is 9.26. The highest BCUT2D eigenvalue weighted by Crippen LogP contribution is 2.22. The van der Waals surface area contributed by atoms with Crippen molar-refractivity contribution in [2.24, 2.45) is 0 Å². The van der Waals surface area contributed by atoms with Crippen LogP contribution in [-0.4, -0.2) is 23.3 Å². The van der Waals surface area contributed by atoms with Gasteiger partial charge in [0.05, 0.1) is 6.61 Å². The lowest BCUT2D eigenvalue weighted by Crippen LogP contribution is -2.44. The molecule has 0 aliphatic carbocycles. The number of benzene rings is 2. The third kappa shape index (κ3) is 11.6. The van der Waals surface area contributed by atoms with Gasteiger partial charge in [-0.15, -0.1) is 0 Å². The van der Waals surface area contributed by atoms with Gasteiger partial charge in [-0.05, 0) is 49.2 Å². The highest BCUT2D eigenvalue weighted by atomic mass is 16.5. The molecule has 0 radical (unpaired) electrons. The van der Waals surface area contributed by atoms with Crippen molar-refractivity contribution in [3.63, 3.8) is 0 Å². The summed E-state index contributed by atoms with van der Waals surface area (Å²) >= 11 is 0. The van der Waals surface area contributed by atoms with Crippen LogP contribution in [0, 0.1) is 6.92 Å². The molecule has 1 aromatic heterocycles. The summed E-state index contributed by atoms with van der Waals surface area (Å²) in [6.07, 6.45) is 18.7. The van der Waals surface area contributed by atoms with Crippen molar-refractivity contribution >= 4 is 11.8 Å². The van der Waals surface area contributed by atoms with Crippen LogP contribution in [0.15, 0.2) is 72.9 Å². The lowest BCUT2D eigenvalue weighted by molar-refractivity contribution is -0.704. The third-order valence-corrected chi connectivity index (χ3v) is 8.03. The number of nitrogens with zero attached hydrogens (tertiary/aromatic N) is 2. The average Bonchev–Trinajstić information content (AvgIpc) is 3.03. The smallest absolute Gasteiger partial charge is 0.261 e. The maximum atomic E-state index is 13.9. The van der Waals surface area contributed by atoms with E-state index in [1.54, 1.807) is 18.2 Å². The molecule has 5 heteroatoms. The van der Waals surface area contributed by atoms with Gasteiger partial charge < -0.3 is 4.74 Å². The second-order valence-electron chi connectivity index (χ2n) is 11.7. The van der Waals surface area contributed by atoms with E-state index < -0.39 is 0 Å². The van der Waals surface area contributed by atoms with Gasteiger partial charge in [-0.2, -0.15) is 0 Å². The second-order valence-corrected chi connectivity index (χ2v) is 11.7. The molecule has 3 aromatic rings. The van der Waals surface area contributed by atoms with Gasteiger partial charge >= 0.3 is 0 Å². The number of pyridine rings is 1. The van der Waals surface area contributed by atoms with E-state index in [1.165, 1.54) is 75.5 Å². The van der Waals surface area contributed by atoms with Crippen LogP contribution in [0.25, 0.3) is 0 Å². The number of carbonyl (C=O) groups is 2. The van der Waals surface area contributed by atoms with Crippen molar-refractivity contribution in [2.75, 3.05) is 6.61 Å². The van der Waals surface area contributed by atoms with Crippen molar-refractivity contribution in [1.82, 2.24) is 4.90 Å². The van der Waals surface area contributed by atoms with Gasteiger partial charge in [-0.3, -0.25) is 14.5 Å². The first-order valence-corrected chi connectivity index (χ1v) is 16.7. The number of hydrogen-bond donors (Lipinski definition) is 0. The molecule has 0 fully saturated rings. The number of hydrogen-bond acceptors (Lipinski definition) is 3. The molecule has 0 unspecified atom stereocenters. The molecule has 0 aliphatic rings. The normalized spacial score (nSPS) is 11.0. The van der Waals surface area contributed by atoms with E-state index in [2.05, 4.69) is 18.4 Å². The molecule has 43 heavy (non-hydrogen) atoms. The maximum Gasteiger partial charge on any atom is 0.261 e. The Morgan fingerprint density at radius 1 is 0.698 bits per heavy atom. The Kier molecular flexibility index (Phi) is 15.6. The zero-order valence-electron chi connectivity index (χ0n) is 26.9. The summed E-state index contributed by atoms with van der Waals surface area (Å²) in [7, 11) is 0. The first-order valence-electron chi connectivity index (χ1n) is 16.7. The number of carbonyl (C=O) groups excluding carboxylic acids is 2. The Morgan fingerprint density at radius 2 is 1.33 bits per heavy atom. The van der Waals surface area contributed by atoms with E-state index in [9.17, 15) is 9.59 Å². The summed E-state index contributed by atoms with van der Waals surface area (Å²) in [6, 6.07) is 20.5. The third-order valence-electron chi connectivity index (χ3n) is 8.03. The Balaban J connectivity index is 1.53. The number of imide groups is 1. The molecule has 2 aromatic carbocycles. The first-order chi connectivity index (χ1) is 21.0. The molecule has 0 spiro atoms. The van der Waals surface area contributed by atoms with Gasteiger partial charge in [0.25, 0.3) is 11.8 Å². The first kappa shape index (κ1) is 34.0. The maximum absolute atomic E-state index is 13.9. The molecule has 232 valence electrons. The van der Waals surface area contributed by atoms with Crippen molar-refractivity contribution < 1.29 is 18.9 Å². The summed E-state index contributed by atoms with van der Waals surface area (Å²) < 4.78 is 8.14. The molecule has 0 saturated carbocycles. The van der Waals surface area contributed by atoms with Crippen molar-refractivity contribution in [2.45, 2.75) is 117 Å². The minimum atomic E-state index is -0.302. The van der Waals surface area contributed by atoms with E-state index in [4.69, 9.17) is 4.74 Å². The molecular formula is C38H53N2O3+. The van der Waals surface area contributed by atoms with Crippen LogP contribution in [0.4, 0.5) is 0 Å². The lowest BCUT2D eigenvalue weighted by Gasteiger charge is -2.21. The number of unbranched alkanes of at least 4 members (excludes halogenated alkanes) is 11. The Hall–Kier alpha value is -3.47. The molecule has 5 nitrogen and oxygen atoms in total. The van der Waals surface area contributed by atoms with E-state index in [0.29, 0.717) is 17.7 Å². The lowest BCUT2D eigenvalue weighted by atomic mass is 10.1. The van der Waals surface area contributed by atoms with Crippen LogP contribution < -0.4 is 9.30 Å². The molecule has 0 atom stereocenters. The summed E-state index contributed by atoms with van der Waals surface area (Å²) in [4.78, 5) is 28.9. The van der Waals surface area contributed by atoms with Crippen molar-refractivity contribution in [3.8, 4) is 5.75 Å². The monoisotopic (exact) mass is 585 g/mol. The fourth-order valence-corrected chi connectivity index (χ4v) is 5.49. The fraction of sp³-hybridized carbons (Fsp3) is 0.500. The highest BCUT2D eigenvalue weighted by molar-refractivity contribution is 6.10. The summed E-state index contributed by atoms with van der Waals surface area (Å²) in [6.45, 7) is 7.99. The van der Waals surface area contributed by atoms with Crippen LogP contribution >= 0.6 is 0 Å². The van der Waals surface area contributed by atoms with Crippen LogP contribution in [0.3, 0.4) is 0 Å². The number of amides is 2. The number of ether oxygens (including phenoxy) is 1. The summed E-state index contributed by atoms with van der Waals surface area (Å²) in [5.74, 6) is 0.164.